The number of ether oxygens (including phenoxy) is 1. The maximum absolute atomic E-state index is 11.3. The number of carbonyl (C=O) groups is 1. The molecule has 1 saturated heterocycles. The van der Waals surface area contributed by atoms with Crippen molar-refractivity contribution in [3.8, 4) is 5.75 Å². The zero-order chi connectivity index (χ0) is 15.5. The highest BCUT2D eigenvalue weighted by molar-refractivity contribution is 5.98. The van der Waals surface area contributed by atoms with Crippen LogP contribution in [0.25, 0.3) is 11.0 Å². The lowest BCUT2D eigenvalue weighted by molar-refractivity contribution is 0.112. The first-order chi connectivity index (χ1) is 10.7. The Balaban J connectivity index is 1.76. The standard InChI is InChI=1S/C17H22N2O3/c1-19-9-7-12(8-10-19)3-5-15-13-4-6-16(21-2)14(11-20)17(13)22-18-15/h4,6,11-12H,3,5,7-10H2,1-2H3. The second-order valence-corrected chi connectivity index (χ2v) is 6.09. The molecule has 0 radical (unpaired) electrons. The van der Waals surface area contributed by atoms with Crippen LogP contribution < -0.4 is 4.74 Å². The van der Waals surface area contributed by atoms with Crippen LogP contribution in [0, 0.1) is 5.92 Å². The Kier molecular flexibility index (Phi) is 4.43. The van der Waals surface area contributed by atoms with Gasteiger partial charge in [0.1, 0.15) is 11.3 Å². The van der Waals surface area contributed by atoms with Crippen molar-refractivity contribution in [2.24, 2.45) is 5.92 Å². The molecular weight excluding hydrogens is 280 g/mol. The molecule has 1 aliphatic rings. The van der Waals surface area contributed by atoms with Gasteiger partial charge in [-0.05, 0) is 63.9 Å². The van der Waals surface area contributed by atoms with Crippen molar-refractivity contribution in [1.82, 2.24) is 10.1 Å². The van der Waals surface area contributed by atoms with Gasteiger partial charge in [0.05, 0.1) is 12.8 Å². The molecule has 5 nitrogen and oxygen atoms in total. The molecule has 1 aromatic heterocycles. The average molecular weight is 302 g/mol. The van der Waals surface area contributed by atoms with Crippen LogP contribution in [0.15, 0.2) is 16.7 Å². The number of fused-ring (bicyclic) bond motifs is 1. The van der Waals surface area contributed by atoms with Crippen molar-refractivity contribution >= 4 is 17.3 Å². The van der Waals surface area contributed by atoms with Gasteiger partial charge in [0, 0.05) is 5.39 Å². The van der Waals surface area contributed by atoms with E-state index in [0.29, 0.717) is 16.9 Å². The maximum Gasteiger partial charge on any atom is 0.181 e. The smallest absolute Gasteiger partial charge is 0.181 e. The summed E-state index contributed by atoms with van der Waals surface area (Å²) in [5.41, 5.74) is 1.92. The number of hydrogen-bond donors (Lipinski definition) is 0. The highest BCUT2D eigenvalue weighted by Crippen LogP contribution is 2.30. The summed E-state index contributed by atoms with van der Waals surface area (Å²) in [5, 5.41) is 5.11. The Hall–Kier alpha value is -1.88. The first-order valence-electron chi connectivity index (χ1n) is 7.82. The van der Waals surface area contributed by atoms with E-state index in [1.165, 1.54) is 25.9 Å². The molecule has 3 rings (SSSR count). The molecule has 0 spiro atoms. The summed E-state index contributed by atoms with van der Waals surface area (Å²) in [6, 6.07) is 3.74. The number of likely N-dealkylation sites (tertiary alicyclic amines) is 1. The van der Waals surface area contributed by atoms with Crippen LogP contribution in [-0.4, -0.2) is 43.6 Å². The molecular formula is C17H22N2O3. The molecule has 1 aromatic carbocycles. The van der Waals surface area contributed by atoms with Crippen LogP contribution in [0.4, 0.5) is 0 Å². The molecule has 0 saturated carbocycles. The van der Waals surface area contributed by atoms with Gasteiger partial charge in [0.25, 0.3) is 0 Å². The molecule has 0 unspecified atom stereocenters. The number of aryl methyl sites for hydroxylation is 1. The van der Waals surface area contributed by atoms with Crippen LogP contribution >= 0.6 is 0 Å². The third-order valence-electron chi connectivity index (χ3n) is 4.68. The zero-order valence-electron chi connectivity index (χ0n) is 13.2. The van der Waals surface area contributed by atoms with E-state index in [4.69, 9.17) is 9.26 Å². The number of hydrogen-bond acceptors (Lipinski definition) is 5. The van der Waals surface area contributed by atoms with Crippen molar-refractivity contribution in [1.29, 1.82) is 0 Å². The van der Waals surface area contributed by atoms with E-state index in [2.05, 4.69) is 17.1 Å². The van der Waals surface area contributed by atoms with E-state index in [-0.39, 0.29) is 0 Å². The third kappa shape index (κ3) is 2.86. The van der Waals surface area contributed by atoms with E-state index < -0.39 is 0 Å². The predicted molar refractivity (Wildman–Crippen MR) is 84.5 cm³/mol. The van der Waals surface area contributed by atoms with Crippen LogP contribution in [0.5, 0.6) is 5.75 Å². The largest absolute Gasteiger partial charge is 0.496 e. The summed E-state index contributed by atoms with van der Waals surface area (Å²) < 4.78 is 10.6. The fourth-order valence-corrected chi connectivity index (χ4v) is 3.22. The van der Waals surface area contributed by atoms with Gasteiger partial charge < -0.3 is 14.2 Å². The number of methoxy groups -OCH3 is 1. The van der Waals surface area contributed by atoms with E-state index in [0.717, 1.165) is 36.1 Å². The number of rotatable bonds is 5. The van der Waals surface area contributed by atoms with Crippen molar-refractivity contribution < 1.29 is 14.1 Å². The van der Waals surface area contributed by atoms with Crippen molar-refractivity contribution in [2.45, 2.75) is 25.7 Å². The number of carbonyl (C=O) groups excluding carboxylic acids is 1. The predicted octanol–water partition coefficient (Wildman–Crippen LogP) is 2.92. The Morgan fingerprint density at radius 2 is 2.18 bits per heavy atom. The molecule has 2 aromatic rings. The lowest BCUT2D eigenvalue weighted by atomic mass is 9.91. The molecule has 0 atom stereocenters. The van der Waals surface area contributed by atoms with Crippen LogP contribution in [-0.2, 0) is 6.42 Å². The molecule has 0 bridgehead atoms. The van der Waals surface area contributed by atoms with E-state index >= 15 is 0 Å². The normalized spacial score (nSPS) is 17.0. The van der Waals surface area contributed by atoms with Crippen LogP contribution in [0.3, 0.4) is 0 Å². The number of piperidine rings is 1. The summed E-state index contributed by atoms with van der Waals surface area (Å²) in [6.07, 6.45) is 5.29. The third-order valence-corrected chi connectivity index (χ3v) is 4.68. The van der Waals surface area contributed by atoms with E-state index in [1.807, 2.05) is 12.1 Å². The fraction of sp³-hybridized carbons (Fsp3) is 0.529. The first kappa shape index (κ1) is 15.0. The number of aromatic nitrogens is 1. The Labute approximate surface area is 130 Å². The van der Waals surface area contributed by atoms with Crippen molar-refractivity contribution in [3.63, 3.8) is 0 Å². The minimum atomic E-state index is 0.443. The van der Waals surface area contributed by atoms with Gasteiger partial charge in [-0.3, -0.25) is 4.79 Å². The second-order valence-electron chi connectivity index (χ2n) is 6.09. The number of nitrogens with zero attached hydrogens (tertiary/aromatic N) is 2. The summed E-state index contributed by atoms with van der Waals surface area (Å²) in [4.78, 5) is 13.7. The molecule has 22 heavy (non-hydrogen) atoms. The van der Waals surface area contributed by atoms with E-state index in [1.54, 1.807) is 7.11 Å². The van der Waals surface area contributed by atoms with Crippen molar-refractivity contribution in [2.75, 3.05) is 27.2 Å². The van der Waals surface area contributed by atoms with Gasteiger partial charge in [0.15, 0.2) is 11.9 Å². The molecule has 5 heteroatoms. The number of aldehydes is 1. The lowest BCUT2D eigenvalue weighted by Crippen LogP contribution is -2.30. The highest BCUT2D eigenvalue weighted by Gasteiger charge is 2.19. The molecule has 2 heterocycles. The molecule has 1 fully saturated rings. The Morgan fingerprint density at radius 1 is 1.41 bits per heavy atom. The minimum Gasteiger partial charge on any atom is -0.496 e. The summed E-state index contributed by atoms with van der Waals surface area (Å²) in [6.45, 7) is 2.35. The summed E-state index contributed by atoms with van der Waals surface area (Å²) in [7, 11) is 3.72. The van der Waals surface area contributed by atoms with Gasteiger partial charge in [-0.25, -0.2) is 0 Å². The molecule has 0 amide bonds. The zero-order valence-corrected chi connectivity index (χ0v) is 13.2. The fourth-order valence-electron chi connectivity index (χ4n) is 3.22. The quantitative estimate of drug-likeness (QED) is 0.795. The summed E-state index contributed by atoms with van der Waals surface area (Å²) >= 11 is 0. The molecule has 118 valence electrons. The van der Waals surface area contributed by atoms with Gasteiger partial charge >= 0.3 is 0 Å². The lowest BCUT2D eigenvalue weighted by Gasteiger charge is -2.28. The highest BCUT2D eigenvalue weighted by atomic mass is 16.5. The average Bonchev–Trinajstić information content (AvgIpc) is 2.96. The SMILES string of the molecule is COc1ccc2c(CCC3CCN(C)CC3)noc2c1C=O. The van der Waals surface area contributed by atoms with Gasteiger partial charge in [-0.1, -0.05) is 5.16 Å². The molecule has 1 aliphatic heterocycles. The summed E-state index contributed by atoms with van der Waals surface area (Å²) in [5.74, 6) is 1.28. The number of benzene rings is 1. The minimum absolute atomic E-state index is 0.443. The van der Waals surface area contributed by atoms with Gasteiger partial charge in [0.2, 0.25) is 0 Å². The maximum atomic E-state index is 11.3. The monoisotopic (exact) mass is 302 g/mol. The Morgan fingerprint density at radius 3 is 2.86 bits per heavy atom. The van der Waals surface area contributed by atoms with E-state index in [9.17, 15) is 4.79 Å². The Bertz CT molecular complexity index is 657. The molecule has 0 aliphatic carbocycles. The first-order valence-corrected chi connectivity index (χ1v) is 7.82. The second kappa shape index (κ2) is 6.48. The van der Waals surface area contributed by atoms with Crippen LogP contribution in [0.2, 0.25) is 0 Å². The van der Waals surface area contributed by atoms with Crippen molar-refractivity contribution in [3.05, 3.63) is 23.4 Å². The van der Waals surface area contributed by atoms with Gasteiger partial charge in [-0.15, -0.1) is 0 Å². The van der Waals surface area contributed by atoms with Crippen LogP contribution in [0.1, 0.15) is 35.3 Å². The van der Waals surface area contributed by atoms with Gasteiger partial charge in [-0.2, -0.15) is 0 Å². The molecule has 0 N–H and O–H groups in total. The topological polar surface area (TPSA) is 55.6 Å².